The van der Waals surface area contributed by atoms with Crippen LogP contribution in [0, 0.1) is 22.9 Å². The largest absolute Gasteiger partial charge is 0.480 e. The number of aliphatic carboxylic acids is 1. The summed E-state index contributed by atoms with van der Waals surface area (Å²) in [5.41, 5.74) is -3.16. The van der Waals surface area contributed by atoms with Gasteiger partial charge in [-0.3, -0.25) is 10.1 Å². The Hall–Kier alpha value is -2.89. The predicted octanol–water partition coefficient (Wildman–Crippen LogP) is 2.78. The predicted molar refractivity (Wildman–Crippen MR) is 102 cm³/mol. The van der Waals surface area contributed by atoms with Gasteiger partial charge in [0.25, 0.3) is 5.69 Å². The first-order valence-electron chi connectivity index (χ1n) is 8.17. The molecule has 10 nitrogen and oxygen atoms in total. The first-order valence-corrected chi connectivity index (χ1v) is 8.69. The van der Waals surface area contributed by atoms with E-state index in [0.717, 1.165) is 14.0 Å². The van der Waals surface area contributed by atoms with E-state index in [9.17, 15) is 34.0 Å². The third-order valence-corrected chi connectivity index (χ3v) is 4.23. The van der Waals surface area contributed by atoms with Crippen LogP contribution in [0.2, 0.25) is 0 Å². The smallest absolute Gasteiger partial charge is 0.408 e. The Morgan fingerprint density at radius 3 is 2.31 bits per heavy atom. The van der Waals surface area contributed by atoms with Crippen LogP contribution in [0.1, 0.15) is 47.5 Å². The van der Waals surface area contributed by atoms with Gasteiger partial charge in [-0.1, -0.05) is 0 Å². The van der Waals surface area contributed by atoms with Gasteiger partial charge in [0, 0.05) is 6.07 Å². The van der Waals surface area contributed by atoms with Crippen LogP contribution >= 0.6 is 12.6 Å². The normalized spacial score (nSPS) is 13.2. The summed E-state index contributed by atoms with van der Waals surface area (Å²) in [6, 6.07) is -1.16. The number of alkyl carbamates (subject to hydrolysis) is 1. The summed E-state index contributed by atoms with van der Waals surface area (Å²) in [7, 11) is 0.976. The highest BCUT2D eigenvalue weighted by Crippen LogP contribution is 2.37. The summed E-state index contributed by atoms with van der Waals surface area (Å²) < 4.78 is 24.0. The number of carboxylic acid groups (broad SMARTS) is 1. The van der Waals surface area contributed by atoms with E-state index >= 15 is 0 Å². The van der Waals surface area contributed by atoms with E-state index in [1.165, 1.54) is 0 Å². The standard InChI is InChI=1S/C17H21FN2O8S/c1-7-10(9(20(25)26)6-8(11(7)18)15(23)27-5)13(29)12(14(21)22)19-16(24)28-17(2,3)4/h6,12-13,29H,1-5H3,(H,19,24)(H,21,22)/t12-,13?/m0/s1. The zero-order valence-electron chi connectivity index (χ0n) is 16.3. The fraction of sp³-hybridized carbons (Fsp3) is 0.471. The molecule has 0 aromatic heterocycles. The van der Waals surface area contributed by atoms with E-state index in [1.807, 2.05) is 0 Å². The Bertz CT molecular complexity index is 853. The number of nitrogens with one attached hydrogen (secondary N) is 1. The summed E-state index contributed by atoms with van der Waals surface area (Å²) in [6.07, 6.45) is -1.10. The molecule has 1 rings (SSSR count). The van der Waals surface area contributed by atoms with Gasteiger partial charge in [-0.05, 0) is 33.3 Å². The fourth-order valence-electron chi connectivity index (χ4n) is 2.45. The van der Waals surface area contributed by atoms with E-state index in [4.69, 9.17) is 4.74 Å². The Balaban J connectivity index is 3.50. The Kier molecular flexibility index (Phi) is 7.55. The highest BCUT2D eigenvalue weighted by atomic mass is 32.1. The summed E-state index contributed by atoms with van der Waals surface area (Å²) >= 11 is 4.09. The topological polar surface area (TPSA) is 145 Å². The lowest BCUT2D eigenvalue weighted by atomic mass is 9.95. The van der Waals surface area contributed by atoms with Crippen molar-refractivity contribution in [1.82, 2.24) is 5.32 Å². The second-order valence-corrected chi connectivity index (χ2v) is 7.51. The van der Waals surface area contributed by atoms with Gasteiger partial charge in [0.1, 0.15) is 23.0 Å². The molecule has 160 valence electrons. The van der Waals surface area contributed by atoms with Crippen LogP contribution in [0.4, 0.5) is 14.9 Å². The van der Waals surface area contributed by atoms with E-state index in [1.54, 1.807) is 20.8 Å². The van der Waals surface area contributed by atoms with Gasteiger partial charge in [-0.25, -0.2) is 18.8 Å². The molecule has 0 aliphatic rings. The maximum absolute atomic E-state index is 14.6. The zero-order chi connectivity index (χ0) is 22.7. The zero-order valence-corrected chi connectivity index (χ0v) is 17.2. The number of rotatable bonds is 6. The number of nitro benzene ring substituents is 1. The second-order valence-electron chi connectivity index (χ2n) is 6.95. The summed E-state index contributed by atoms with van der Waals surface area (Å²) in [4.78, 5) is 45.9. The average Bonchev–Trinajstić information content (AvgIpc) is 2.58. The van der Waals surface area contributed by atoms with Gasteiger partial charge in [0.15, 0.2) is 0 Å². The van der Waals surface area contributed by atoms with Gasteiger partial charge in [0.05, 0.1) is 22.8 Å². The number of nitro groups is 1. The van der Waals surface area contributed by atoms with Crippen molar-refractivity contribution in [2.45, 2.75) is 44.6 Å². The molecule has 0 fully saturated rings. The molecule has 1 aromatic rings. The molecule has 2 atom stereocenters. The second kappa shape index (κ2) is 9.07. The van der Waals surface area contributed by atoms with Crippen molar-refractivity contribution in [3.63, 3.8) is 0 Å². The number of carboxylic acids is 1. The number of ether oxygens (including phenoxy) is 2. The molecule has 0 saturated heterocycles. The molecule has 0 saturated carbocycles. The Morgan fingerprint density at radius 2 is 1.90 bits per heavy atom. The first-order chi connectivity index (χ1) is 13.2. The van der Waals surface area contributed by atoms with E-state index < -0.39 is 62.5 Å². The Labute approximate surface area is 170 Å². The van der Waals surface area contributed by atoms with Gasteiger partial charge >= 0.3 is 18.0 Å². The first kappa shape index (κ1) is 24.1. The fourth-order valence-corrected chi connectivity index (χ4v) is 2.98. The number of thiol groups is 1. The molecule has 0 aliphatic carbocycles. The molecule has 0 radical (unpaired) electrons. The molecule has 0 aliphatic heterocycles. The lowest BCUT2D eigenvalue weighted by molar-refractivity contribution is -0.385. The molecular formula is C17H21FN2O8S. The number of methoxy groups -OCH3 is 1. The monoisotopic (exact) mass is 432 g/mol. The van der Waals surface area contributed by atoms with Crippen molar-refractivity contribution >= 4 is 36.3 Å². The van der Waals surface area contributed by atoms with Crippen LogP contribution in [-0.4, -0.2) is 46.8 Å². The van der Waals surface area contributed by atoms with Crippen molar-refractivity contribution < 1.29 is 38.3 Å². The average molecular weight is 432 g/mol. The number of carbonyl (C=O) groups excluding carboxylic acids is 2. The van der Waals surface area contributed by atoms with Crippen molar-refractivity contribution in [3.05, 3.63) is 38.7 Å². The van der Waals surface area contributed by atoms with Gasteiger partial charge < -0.3 is 19.9 Å². The van der Waals surface area contributed by atoms with E-state index in [2.05, 4.69) is 22.7 Å². The molecule has 29 heavy (non-hydrogen) atoms. The number of esters is 1. The summed E-state index contributed by atoms with van der Waals surface area (Å²) in [5.74, 6) is -3.85. The minimum absolute atomic E-state index is 0.378. The molecule has 12 heteroatoms. The van der Waals surface area contributed by atoms with Crippen LogP contribution in [0.15, 0.2) is 6.07 Å². The van der Waals surface area contributed by atoms with E-state index in [0.29, 0.717) is 6.07 Å². The Morgan fingerprint density at radius 1 is 1.34 bits per heavy atom. The molecule has 0 bridgehead atoms. The number of hydrogen-bond donors (Lipinski definition) is 3. The lowest BCUT2D eigenvalue weighted by Crippen LogP contribution is -2.46. The van der Waals surface area contributed by atoms with Crippen LogP contribution < -0.4 is 5.32 Å². The number of amides is 1. The van der Waals surface area contributed by atoms with Crippen LogP contribution in [-0.2, 0) is 14.3 Å². The number of carbonyl (C=O) groups is 3. The maximum atomic E-state index is 14.6. The minimum atomic E-state index is -1.80. The van der Waals surface area contributed by atoms with Crippen LogP contribution in [0.3, 0.4) is 0 Å². The summed E-state index contributed by atoms with van der Waals surface area (Å²) in [5, 5.41) is 21.5. The van der Waals surface area contributed by atoms with Crippen molar-refractivity contribution in [2.24, 2.45) is 0 Å². The van der Waals surface area contributed by atoms with Crippen LogP contribution in [0.5, 0.6) is 0 Å². The minimum Gasteiger partial charge on any atom is -0.480 e. The molecule has 1 amide bonds. The molecule has 0 heterocycles. The molecular weight excluding hydrogens is 411 g/mol. The number of hydrogen-bond acceptors (Lipinski definition) is 8. The van der Waals surface area contributed by atoms with Gasteiger partial charge in [0.2, 0.25) is 0 Å². The van der Waals surface area contributed by atoms with Crippen molar-refractivity contribution in [3.8, 4) is 0 Å². The highest BCUT2D eigenvalue weighted by molar-refractivity contribution is 7.80. The third-order valence-electron chi connectivity index (χ3n) is 3.68. The highest BCUT2D eigenvalue weighted by Gasteiger charge is 2.37. The molecule has 0 spiro atoms. The maximum Gasteiger partial charge on any atom is 0.408 e. The van der Waals surface area contributed by atoms with Gasteiger partial charge in [-0.15, -0.1) is 0 Å². The number of nitrogens with zero attached hydrogens (tertiary/aromatic N) is 1. The third kappa shape index (κ3) is 5.79. The summed E-state index contributed by atoms with van der Waals surface area (Å²) in [6.45, 7) is 5.78. The molecule has 1 aromatic carbocycles. The van der Waals surface area contributed by atoms with Crippen molar-refractivity contribution in [2.75, 3.05) is 7.11 Å². The number of benzene rings is 1. The quantitative estimate of drug-likeness (QED) is 0.269. The lowest BCUT2D eigenvalue weighted by Gasteiger charge is -2.25. The van der Waals surface area contributed by atoms with Gasteiger partial charge in [-0.2, -0.15) is 12.6 Å². The van der Waals surface area contributed by atoms with Crippen LogP contribution in [0.25, 0.3) is 0 Å². The molecule has 1 unspecified atom stereocenters. The SMILES string of the molecule is COC(=O)c1cc([N+](=O)[O-])c(C(S)[C@H](NC(=O)OC(C)(C)C)C(=O)O)c(C)c1F. The molecule has 2 N–H and O–H groups in total. The number of halogens is 1. The van der Waals surface area contributed by atoms with E-state index in [-0.39, 0.29) is 5.56 Å². The van der Waals surface area contributed by atoms with Crippen molar-refractivity contribution in [1.29, 1.82) is 0 Å².